The Morgan fingerprint density at radius 2 is 2.20 bits per heavy atom. The van der Waals surface area contributed by atoms with Crippen molar-refractivity contribution in [2.75, 3.05) is 0 Å². The van der Waals surface area contributed by atoms with Crippen molar-refractivity contribution in [1.29, 1.82) is 0 Å². The van der Waals surface area contributed by atoms with Crippen LogP contribution in [-0.4, -0.2) is 9.78 Å². The summed E-state index contributed by atoms with van der Waals surface area (Å²) in [4.78, 5) is 0.464. The molecule has 0 aliphatic heterocycles. The van der Waals surface area contributed by atoms with Gasteiger partial charge in [-0.25, -0.2) is 0 Å². The second-order valence-electron chi connectivity index (χ2n) is 5.66. The molecule has 1 aromatic carbocycles. The van der Waals surface area contributed by atoms with Crippen molar-refractivity contribution < 1.29 is 0 Å². The number of hydrogen-bond acceptors (Lipinski definition) is 1. The van der Waals surface area contributed by atoms with E-state index in [2.05, 4.69) is 58.4 Å². The Balaban J connectivity index is 1.80. The quantitative estimate of drug-likeness (QED) is 0.596. The lowest BCUT2D eigenvalue weighted by molar-refractivity contribution is 0.474. The lowest BCUT2D eigenvalue weighted by Gasteiger charge is -2.21. The number of aryl methyl sites for hydroxylation is 2. The largest absolute Gasteiger partial charge is 0.273 e. The molecule has 20 heavy (non-hydrogen) atoms. The first kappa shape index (κ1) is 13.9. The van der Waals surface area contributed by atoms with E-state index in [0.29, 0.717) is 10.7 Å². The number of alkyl halides is 1. The first-order valence-corrected chi connectivity index (χ1v) is 8.42. The van der Waals surface area contributed by atoms with Gasteiger partial charge in [0, 0.05) is 17.6 Å². The van der Waals surface area contributed by atoms with Gasteiger partial charge in [-0.1, -0.05) is 40.2 Å². The molecule has 3 heteroatoms. The normalized spacial score (nSPS) is 22.3. The zero-order chi connectivity index (χ0) is 13.9. The standard InChI is InChI=1S/C17H21BrN2/c1-2-20-12-13(11-19-20)10-15-8-5-7-14-6-3-4-9-16(14)17(15)18/h3-4,6,9,11-12,15,17H,2,5,7-8,10H2,1H3. The van der Waals surface area contributed by atoms with Crippen LogP contribution in [0.1, 0.15) is 41.3 Å². The zero-order valence-corrected chi connectivity index (χ0v) is 13.5. The van der Waals surface area contributed by atoms with E-state index in [9.17, 15) is 0 Å². The molecule has 2 unspecified atom stereocenters. The molecule has 0 fully saturated rings. The van der Waals surface area contributed by atoms with E-state index in [1.807, 2.05) is 10.9 Å². The summed E-state index contributed by atoms with van der Waals surface area (Å²) in [5.41, 5.74) is 4.36. The molecule has 0 amide bonds. The number of hydrogen-bond donors (Lipinski definition) is 0. The SMILES string of the molecule is CCn1cc(CC2CCCc3ccccc3C2Br)cn1. The number of halogens is 1. The maximum absolute atomic E-state index is 4.39. The van der Waals surface area contributed by atoms with E-state index in [1.54, 1.807) is 0 Å². The van der Waals surface area contributed by atoms with E-state index < -0.39 is 0 Å². The van der Waals surface area contributed by atoms with Crippen molar-refractivity contribution in [2.45, 2.75) is 44.0 Å². The number of aromatic nitrogens is 2. The van der Waals surface area contributed by atoms with Crippen molar-refractivity contribution in [2.24, 2.45) is 5.92 Å². The van der Waals surface area contributed by atoms with Gasteiger partial charge in [-0.15, -0.1) is 0 Å². The van der Waals surface area contributed by atoms with Crippen molar-refractivity contribution in [3.63, 3.8) is 0 Å². The third-order valence-corrected chi connectivity index (χ3v) is 5.54. The predicted octanol–water partition coefficient (Wildman–Crippen LogP) is 4.53. The van der Waals surface area contributed by atoms with Crippen LogP contribution >= 0.6 is 15.9 Å². The van der Waals surface area contributed by atoms with Crippen LogP contribution < -0.4 is 0 Å². The number of rotatable bonds is 3. The maximum atomic E-state index is 4.39. The smallest absolute Gasteiger partial charge is 0.0521 e. The molecule has 2 nitrogen and oxygen atoms in total. The molecular formula is C17H21BrN2. The van der Waals surface area contributed by atoms with E-state index >= 15 is 0 Å². The second kappa shape index (κ2) is 6.13. The van der Waals surface area contributed by atoms with Crippen LogP contribution in [-0.2, 0) is 19.4 Å². The molecule has 106 valence electrons. The van der Waals surface area contributed by atoms with Gasteiger partial charge in [-0.05, 0) is 55.2 Å². The van der Waals surface area contributed by atoms with Gasteiger partial charge < -0.3 is 0 Å². The van der Waals surface area contributed by atoms with Crippen LogP contribution in [0.5, 0.6) is 0 Å². The summed E-state index contributed by atoms with van der Waals surface area (Å²) in [5.74, 6) is 0.660. The van der Waals surface area contributed by atoms with Crippen LogP contribution in [0.4, 0.5) is 0 Å². The molecule has 0 radical (unpaired) electrons. The molecule has 1 aromatic heterocycles. The first-order valence-electron chi connectivity index (χ1n) is 7.51. The number of fused-ring (bicyclic) bond motifs is 1. The molecule has 1 aliphatic carbocycles. The minimum absolute atomic E-state index is 0.464. The summed E-state index contributed by atoms with van der Waals surface area (Å²) in [6.07, 6.45) is 9.11. The summed E-state index contributed by atoms with van der Waals surface area (Å²) in [6.45, 7) is 3.08. The Morgan fingerprint density at radius 3 is 3.00 bits per heavy atom. The van der Waals surface area contributed by atoms with Gasteiger partial charge in [0.1, 0.15) is 0 Å². The zero-order valence-electron chi connectivity index (χ0n) is 11.9. The highest BCUT2D eigenvalue weighted by atomic mass is 79.9. The van der Waals surface area contributed by atoms with Crippen LogP contribution in [0, 0.1) is 5.92 Å². The summed E-state index contributed by atoms with van der Waals surface area (Å²) in [7, 11) is 0. The highest BCUT2D eigenvalue weighted by Gasteiger charge is 2.25. The summed E-state index contributed by atoms with van der Waals surface area (Å²) >= 11 is 3.96. The topological polar surface area (TPSA) is 17.8 Å². The van der Waals surface area contributed by atoms with Crippen molar-refractivity contribution in [1.82, 2.24) is 9.78 Å². The molecule has 2 atom stereocenters. The number of nitrogens with zero attached hydrogens (tertiary/aromatic N) is 2. The van der Waals surface area contributed by atoms with Gasteiger partial charge >= 0.3 is 0 Å². The summed E-state index contributed by atoms with van der Waals surface area (Å²) in [5, 5.41) is 4.39. The fraction of sp³-hybridized carbons (Fsp3) is 0.471. The van der Waals surface area contributed by atoms with E-state index in [4.69, 9.17) is 0 Å². The van der Waals surface area contributed by atoms with Crippen LogP contribution in [0.25, 0.3) is 0 Å². The molecule has 0 spiro atoms. The van der Waals surface area contributed by atoms with Gasteiger partial charge in [0.05, 0.1) is 6.20 Å². The molecule has 1 heterocycles. The molecule has 0 saturated carbocycles. The van der Waals surface area contributed by atoms with E-state index in [-0.39, 0.29) is 0 Å². The van der Waals surface area contributed by atoms with Gasteiger partial charge in [0.25, 0.3) is 0 Å². The van der Waals surface area contributed by atoms with Crippen molar-refractivity contribution >= 4 is 15.9 Å². The Morgan fingerprint density at radius 1 is 1.35 bits per heavy atom. The van der Waals surface area contributed by atoms with Gasteiger partial charge in [-0.3, -0.25) is 4.68 Å². The van der Waals surface area contributed by atoms with Gasteiger partial charge in [0.15, 0.2) is 0 Å². The minimum Gasteiger partial charge on any atom is -0.273 e. The monoisotopic (exact) mass is 332 g/mol. The molecule has 0 N–H and O–H groups in total. The molecule has 2 aromatic rings. The first-order chi connectivity index (χ1) is 9.78. The Hall–Kier alpha value is -1.09. The van der Waals surface area contributed by atoms with Gasteiger partial charge in [-0.2, -0.15) is 5.10 Å². The lowest BCUT2D eigenvalue weighted by Crippen LogP contribution is -2.10. The predicted molar refractivity (Wildman–Crippen MR) is 86.1 cm³/mol. The van der Waals surface area contributed by atoms with Crippen molar-refractivity contribution in [3.8, 4) is 0 Å². The number of benzene rings is 1. The van der Waals surface area contributed by atoms with Crippen LogP contribution in [0.2, 0.25) is 0 Å². The van der Waals surface area contributed by atoms with E-state index in [1.165, 1.54) is 36.0 Å². The highest BCUT2D eigenvalue weighted by molar-refractivity contribution is 9.09. The average Bonchev–Trinajstić information content (AvgIpc) is 2.87. The Labute approximate surface area is 129 Å². The summed E-state index contributed by atoms with van der Waals surface area (Å²) < 4.78 is 2.02. The van der Waals surface area contributed by atoms with Crippen molar-refractivity contribution in [3.05, 3.63) is 53.3 Å². The average molecular weight is 333 g/mol. The molecular weight excluding hydrogens is 312 g/mol. The van der Waals surface area contributed by atoms with Crippen LogP contribution in [0.3, 0.4) is 0 Å². The highest BCUT2D eigenvalue weighted by Crippen LogP contribution is 2.40. The third kappa shape index (κ3) is 2.83. The molecule has 0 bridgehead atoms. The second-order valence-corrected chi connectivity index (χ2v) is 6.65. The Kier molecular flexibility index (Phi) is 4.25. The maximum Gasteiger partial charge on any atom is 0.0521 e. The molecule has 0 saturated heterocycles. The van der Waals surface area contributed by atoms with E-state index in [0.717, 1.165) is 13.0 Å². The Bertz CT molecular complexity index is 576. The molecule has 3 rings (SSSR count). The fourth-order valence-electron chi connectivity index (χ4n) is 3.18. The fourth-order valence-corrected chi connectivity index (χ4v) is 4.08. The summed E-state index contributed by atoms with van der Waals surface area (Å²) in [6, 6.07) is 8.87. The van der Waals surface area contributed by atoms with Gasteiger partial charge in [0.2, 0.25) is 0 Å². The molecule has 1 aliphatic rings. The van der Waals surface area contributed by atoms with Crippen LogP contribution in [0.15, 0.2) is 36.7 Å². The lowest BCUT2D eigenvalue weighted by atomic mass is 9.91. The third-order valence-electron chi connectivity index (χ3n) is 4.30. The minimum atomic E-state index is 0.464.